The molecule has 26 heavy (non-hydrogen) atoms. The topological polar surface area (TPSA) is 55.4 Å². The third-order valence-electron chi connectivity index (χ3n) is 4.42. The molecule has 1 N–H and O–H groups in total. The molecule has 1 amide bonds. The number of rotatable bonds is 6. The number of para-hydroxylation sites is 1. The Kier molecular flexibility index (Phi) is 6.72. The summed E-state index contributed by atoms with van der Waals surface area (Å²) < 4.78 is 5.22. The summed E-state index contributed by atoms with van der Waals surface area (Å²) in [6.45, 7) is -0.236. The van der Waals surface area contributed by atoms with Crippen molar-refractivity contribution in [2.45, 2.75) is 41.9 Å². The van der Waals surface area contributed by atoms with Crippen molar-refractivity contribution in [1.82, 2.24) is 0 Å². The average molecular weight is 369 g/mol. The van der Waals surface area contributed by atoms with Crippen molar-refractivity contribution >= 4 is 29.3 Å². The van der Waals surface area contributed by atoms with Crippen LogP contribution < -0.4 is 5.32 Å². The quantitative estimate of drug-likeness (QED) is 0.736. The minimum absolute atomic E-state index is 0.0440. The van der Waals surface area contributed by atoms with Gasteiger partial charge in [0.15, 0.2) is 6.61 Å². The average Bonchev–Trinajstić information content (AvgIpc) is 2.69. The van der Waals surface area contributed by atoms with Crippen molar-refractivity contribution in [2.75, 3.05) is 11.9 Å². The van der Waals surface area contributed by atoms with E-state index >= 15 is 0 Å². The second kappa shape index (κ2) is 9.43. The molecule has 1 saturated carbocycles. The van der Waals surface area contributed by atoms with Gasteiger partial charge in [0, 0.05) is 9.79 Å². The number of anilines is 1. The highest BCUT2D eigenvalue weighted by atomic mass is 32.2. The molecule has 1 aliphatic rings. The molecule has 136 valence electrons. The van der Waals surface area contributed by atoms with E-state index in [9.17, 15) is 9.59 Å². The Morgan fingerprint density at radius 1 is 0.962 bits per heavy atom. The molecule has 0 aliphatic heterocycles. The number of amides is 1. The van der Waals surface area contributed by atoms with Crippen LogP contribution in [0.4, 0.5) is 5.69 Å². The molecule has 0 unspecified atom stereocenters. The molecule has 0 bridgehead atoms. The van der Waals surface area contributed by atoms with Crippen molar-refractivity contribution in [1.29, 1.82) is 0 Å². The summed E-state index contributed by atoms with van der Waals surface area (Å²) in [5.41, 5.74) is 0.722. The number of carbonyl (C=O) groups excluding carboxylic acids is 2. The first-order chi connectivity index (χ1) is 12.7. The Morgan fingerprint density at radius 3 is 2.42 bits per heavy atom. The summed E-state index contributed by atoms with van der Waals surface area (Å²) in [7, 11) is 0. The molecule has 0 spiro atoms. The molecule has 0 saturated heterocycles. The Balaban J connectivity index is 1.55. The van der Waals surface area contributed by atoms with E-state index in [-0.39, 0.29) is 24.4 Å². The van der Waals surface area contributed by atoms with Gasteiger partial charge in [0.1, 0.15) is 0 Å². The van der Waals surface area contributed by atoms with Crippen molar-refractivity contribution < 1.29 is 14.3 Å². The second-order valence-electron chi connectivity index (χ2n) is 6.40. The molecule has 1 aliphatic carbocycles. The van der Waals surface area contributed by atoms with Crippen LogP contribution in [-0.2, 0) is 14.3 Å². The van der Waals surface area contributed by atoms with Gasteiger partial charge in [-0.05, 0) is 37.1 Å². The number of hydrogen-bond acceptors (Lipinski definition) is 4. The first kappa shape index (κ1) is 18.5. The van der Waals surface area contributed by atoms with Crippen LogP contribution in [0.5, 0.6) is 0 Å². The van der Waals surface area contributed by atoms with E-state index in [1.165, 1.54) is 6.42 Å². The van der Waals surface area contributed by atoms with Crippen LogP contribution in [0.1, 0.15) is 32.1 Å². The molecule has 2 aromatic rings. The maximum Gasteiger partial charge on any atom is 0.309 e. The molecule has 5 heteroatoms. The highest BCUT2D eigenvalue weighted by molar-refractivity contribution is 7.99. The fourth-order valence-corrected chi connectivity index (χ4v) is 3.98. The minimum Gasteiger partial charge on any atom is -0.455 e. The van der Waals surface area contributed by atoms with E-state index in [0.717, 1.165) is 41.2 Å². The number of esters is 1. The van der Waals surface area contributed by atoms with Gasteiger partial charge in [-0.1, -0.05) is 61.4 Å². The number of carbonyl (C=O) groups is 2. The standard InChI is InChI=1S/C21H23NO3S/c23-20(15-25-21(24)16-9-3-1-4-10-16)22-18-13-7-8-14-19(18)26-17-11-5-2-6-12-17/h2,5-8,11-14,16H,1,3-4,9-10,15H2,(H,22,23). The van der Waals surface area contributed by atoms with Crippen LogP contribution in [-0.4, -0.2) is 18.5 Å². The molecule has 2 aromatic carbocycles. The van der Waals surface area contributed by atoms with Gasteiger partial charge in [0.05, 0.1) is 11.6 Å². The summed E-state index contributed by atoms with van der Waals surface area (Å²) in [5.74, 6) is -0.598. The molecule has 0 aromatic heterocycles. The zero-order valence-electron chi connectivity index (χ0n) is 14.6. The van der Waals surface area contributed by atoms with Crippen LogP contribution >= 0.6 is 11.8 Å². The summed E-state index contributed by atoms with van der Waals surface area (Å²) in [6, 6.07) is 17.6. The number of benzene rings is 2. The maximum atomic E-state index is 12.2. The van der Waals surface area contributed by atoms with E-state index < -0.39 is 0 Å². The van der Waals surface area contributed by atoms with Gasteiger partial charge in [0.25, 0.3) is 5.91 Å². The zero-order chi connectivity index (χ0) is 18.2. The van der Waals surface area contributed by atoms with Gasteiger partial charge >= 0.3 is 5.97 Å². The van der Waals surface area contributed by atoms with Crippen molar-refractivity contribution in [3.63, 3.8) is 0 Å². The third kappa shape index (κ3) is 5.36. The second-order valence-corrected chi connectivity index (χ2v) is 7.52. The Bertz CT molecular complexity index is 742. The predicted octanol–water partition coefficient (Wildman–Crippen LogP) is 4.90. The maximum absolute atomic E-state index is 12.2. The fourth-order valence-electron chi connectivity index (χ4n) is 3.05. The molecule has 4 nitrogen and oxygen atoms in total. The molecular formula is C21H23NO3S. The summed E-state index contributed by atoms with van der Waals surface area (Å²) in [4.78, 5) is 26.3. The molecule has 1 fully saturated rings. The smallest absolute Gasteiger partial charge is 0.309 e. The van der Waals surface area contributed by atoms with Crippen molar-refractivity contribution in [3.8, 4) is 0 Å². The van der Waals surface area contributed by atoms with E-state index in [4.69, 9.17) is 4.74 Å². The SMILES string of the molecule is O=C(COC(=O)C1CCCCC1)Nc1ccccc1Sc1ccccc1. The van der Waals surface area contributed by atoms with Gasteiger partial charge in [0.2, 0.25) is 0 Å². The van der Waals surface area contributed by atoms with Gasteiger partial charge < -0.3 is 10.1 Å². The first-order valence-corrected chi connectivity index (χ1v) is 9.82. The Hall–Kier alpha value is -2.27. The van der Waals surface area contributed by atoms with E-state index in [2.05, 4.69) is 5.32 Å². The van der Waals surface area contributed by atoms with Crippen LogP contribution in [0, 0.1) is 5.92 Å². The first-order valence-electron chi connectivity index (χ1n) is 9.01. The lowest BCUT2D eigenvalue weighted by molar-refractivity contribution is -0.152. The molecule has 0 atom stereocenters. The zero-order valence-corrected chi connectivity index (χ0v) is 15.5. The Morgan fingerprint density at radius 2 is 1.65 bits per heavy atom. The summed E-state index contributed by atoms with van der Waals surface area (Å²) in [6.07, 6.45) is 5.06. The molecule has 0 radical (unpaired) electrons. The summed E-state index contributed by atoms with van der Waals surface area (Å²) in [5, 5.41) is 2.85. The van der Waals surface area contributed by atoms with Crippen LogP contribution in [0.15, 0.2) is 64.4 Å². The predicted molar refractivity (Wildman–Crippen MR) is 103 cm³/mol. The third-order valence-corrected chi connectivity index (χ3v) is 5.50. The largest absolute Gasteiger partial charge is 0.455 e. The van der Waals surface area contributed by atoms with E-state index in [0.29, 0.717) is 0 Å². The lowest BCUT2D eigenvalue weighted by atomic mass is 9.89. The fraction of sp³-hybridized carbons (Fsp3) is 0.333. The monoisotopic (exact) mass is 369 g/mol. The lowest BCUT2D eigenvalue weighted by Gasteiger charge is -2.19. The van der Waals surface area contributed by atoms with Crippen LogP contribution in [0.25, 0.3) is 0 Å². The van der Waals surface area contributed by atoms with Crippen molar-refractivity contribution in [2.24, 2.45) is 5.92 Å². The highest BCUT2D eigenvalue weighted by Gasteiger charge is 2.23. The van der Waals surface area contributed by atoms with Crippen molar-refractivity contribution in [3.05, 3.63) is 54.6 Å². The van der Waals surface area contributed by atoms with Gasteiger partial charge in [-0.15, -0.1) is 0 Å². The number of ether oxygens (including phenoxy) is 1. The lowest BCUT2D eigenvalue weighted by Crippen LogP contribution is -2.26. The molecule has 3 rings (SSSR count). The minimum atomic E-state index is -0.310. The van der Waals surface area contributed by atoms with Gasteiger partial charge in [-0.25, -0.2) is 0 Å². The molecular weight excluding hydrogens is 346 g/mol. The molecule has 0 heterocycles. The number of hydrogen-bond donors (Lipinski definition) is 1. The normalized spacial score (nSPS) is 14.6. The van der Waals surface area contributed by atoms with E-state index in [1.807, 2.05) is 54.6 Å². The highest BCUT2D eigenvalue weighted by Crippen LogP contribution is 2.33. The Labute approximate surface area is 158 Å². The van der Waals surface area contributed by atoms with Gasteiger partial charge in [-0.3, -0.25) is 9.59 Å². The van der Waals surface area contributed by atoms with E-state index in [1.54, 1.807) is 11.8 Å². The number of nitrogens with one attached hydrogen (secondary N) is 1. The van der Waals surface area contributed by atoms with Crippen LogP contribution in [0.3, 0.4) is 0 Å². The summed E-state index contributed by atoms with van der Waals surface area (Å²) >= 11 is 1.58. The van der Waals surface area contributed by atoms with Crippen LogP contribution in [0.2, 0.25) is 0 Å². The van der Waals surface area contributed by atoms with Gasteiger partial charge in [-0.2, -0.15) is 0 Å².